The summed E-state index contributed by atoms with van der Waals surface area (Å²) in [6, 6.07) is 14.5. The van der Waals surface area contributed by atoms with Crippen LogP contribution in [0.2, 0.25) is 0 Å². The molecule has 4 rings (SSSR count). The molecule has 0 bridgehead atoms. The number of carbonyl (C=O) groups is 2. The molecule has 0 aromatic heterocycles. The lowest BCUT2D eigenvalue weighted by Gasteiger charge is -2.40. The molecule has 9 nitrogen and oxygen atoms in total. The van der Waals surface area contributed by atoms with E-state index in [-0.39, 0.29) is 17.3 Å². The van der Waals surface area contributed by atoms with Crippen molar-refractivity contribution in [3.8, 4) is 11.5 Å². The predicted octanol–water partition coefficient (Wildman–Crippen LogP) is 4.61. The van der Waals surface area contributed by atoms with E-state index in [2.05, 4.69) is 9.80 Å². The zero-order valence-electron chi connectivity index (χ0n) is 27.3. The molecule has 45 heavy (non-hydrogen) atoms. The van der Waals surface area contributed by atoms with Crippen LogP contribution < -0.4 is 9.47 Å². The number of likely N-dealkylation sites (N-methyl/N-ethyl adjacent to an activating group) is 2. The van der Waals surface area contributed by atoms with Gasteiger partial charge in [0.1, 0.15) is 11.5 Å². The van der Waals surface area contributed by atoms with E-state index in [0.717, 1.165) is 101 Å². The van der Waals surface area contributed by atoms with E-state index in [1.165, 1.54) is 0 Å². The summed E-state index contributed by atoms with van der Waals surface area (Å²) < 4.78 is 10.8. The lowest BCUT2D eigenvalue weighted by Crippen LogP contribution is -2.42. The minimum absolute atomic E-state index is 0. The molecule has 0 heterocycles. The van der Waals surface area contributed by atoms with Gasteiger partial charge in [-0.25, -0.2) is 9.59 Å². The number of aliphatic hydroxyl groups is 2. The van der Waals surface area contributed by atoms with Crippen LogP contribution in [0.3, 0.4) is 0 Å². The molecule has 9 heteroatoms. The molecule has 2 atom stereocenters. The van der Waals surface area contributed by atoms with Crippen LogP contribution in [0.4, 0.5) is 0 Å². The van der Waals surface area contributed by atoms with Crippen molar-refractivity contribution in [2.45, 2.75) is 87.2 Å². The fourth-order valence-electron chi connectivity index (χ4n) is 6.90. The summed E-state index contributed by atoms with van der Waals surface area (Å²) in [4.78, 5) is 29.0. The molecule has 0 radical (unpaired) electrons. The van der Waals surface area contributed by atoms with Gasteiger partial charge in [-0.1, -0.05) is 62.8 Å². The van der Waals surface area contributed by atoms with Gasteiger partial charge in [0.25, 0.3) is 0 Å². The Labute approximate surface area is 268 Å². The second kappa shape index (κ2) is 16.5. The second-order valence-corrected chi connectivity index (χ2v) is 13.3. The number of hydrogen-bond donors (Lipinski definition) is 2. The largest absolute Gasteiger partial charge is 0.423 e. The zero-order valence-corrected chi connectivity index (χ0v) is 27.3. The van der Waals surface area contributed by atoms with Crippen molar-refractivity contribution < 1.29 is 34.8 Å². The van der Waals surface area contributed by atoms with Crippen molar-refractivity contribution in [3.05, 3.63) is 71.8 Å². The van der Waals surface area contributed by atoms with E-state index in [1.54, 1.807) is 24.3 Å². The molecule has 248 valence electrons. The van der Waals surface area contributed by atoms with Crippen LogP contribution >= 0.6 is 0 Å². The quantitative estimate of drug-likeness (QED) is 0.199. The molecule has 2 saturated carbocycles. The third kappa shape index (κ3) is 10.2. The topological polar surface area (TPSA) is 131 Å². The molecular formula is C36H52N2O7. The maximum atomic E-state index is 12.4. The molecule has 2 aliphatic carbocycles. The highest BCUT2D eigenvalue weighted by molar-refractivity contribution is 5.93. The van der Waals surface area contributed by atoms with Crippen molar-refractivity contribution >= 4 is 11.9 Å². The number of esters is 2. The first-order chi connectivity index (χ1) is 21.0. The van der Waals surface area contributed by atoms with Crippen LogP contribution in [0.5, 0.6) is 11.5 Å². The lowest BCUT2D eigenvalue weighted by molar-refractivity contribution is -0.131. The fourth-order valence-corrected chi connectivity index (χ4v) is 6.90. The third-order valence-corrected chi connectivity index (χ3v) is 9.19. The monoisotopic (exact) mass is 624 g/mol. The first-order valence-corrected chi connectivity index (χ1v) is 16.0. The van der Waals surface area contributed by atoms with Crippen LogP contribution in [0.15, 0.2) is 60.7 Å². The van der Waals surface area contributed by atoms with Crippen LogP contribution in [-0.2, 0) is 9.59 Å². The highest BCUT2D eigenvalue weighted by Gasteiger charge is 2.40. The Morgan fingerprint density at radius 3 is 1.24 bits per heavy atom. The van der Waals surface area contributed by atoms with Crippen LogP contribution in [0.1, 0.15) is 87.2 Å². The SMILES string of the molecule is CN(C)CC(c1ccc(OC(=O)/C=C/C(=O)Oc2ccc(C(CN(C)C)C3(O)CCCCC3)cc2)cc1)C1(O)CCCCC1.O. The Morgan fingerprint density at radius 1 is 0.644 bits per heavy atom. The highest BCUT2D eigenvalue weighted by atomic mass is 16.5. The third-order valence-electron chi connectivity index (χ3n) is 9.19. The van der Waals surface area contributed by atoms with Crippen molar-refractivity contribution in [3.63, 3.8) is 0 Å². The average molecular weight is 625 g/mol. The molecule has 2 unspecified atom stereocenters. The fraction of sp³-hybridized carbons (Fsp3) is 0.556. The minimum Gasteiger partial charge on any atom is -0.423 e. The Hall–Kier alpha value is -3.08. The van der Waals surface area contributed by atoms with Crippen molar-refractivity contribution in [1.29, 1.82) is 0 Å². The summed E-state index contributed by atoms with van der Waals surface area (Å²) in [5.74, 6) is -0.734. The molecule has 0 spiro atoms. The van der Waals surface area contributed by atoms with Gasteiger partial charge in [0.15, 0.2) is 0 Å². The standard InChI is InChI=1S/C36H50N2O6.H2O/c1-37(2)25-31(35(41)21-7-5-8-22-35)27-11-15-29(16-12-27)43-33(39)19-20-34(40)44-30-17-13-28(14-18-30)32(26-38(3)4)36(42)23-9-6-10-24-36;/h11-20,31-32,41-42H,5-10,21-26H2,1-4H3;1H2/b20-19+;. The average Bonchev–Trinajstić information content (AvgIpc) is 2.99. The number of benzene rings is 2. The summed E-state index contributed by atoms with van der Waals surface area (Å²) in [5.41, 5.74) is 0.533. The van der Waals surface area contributed by atoms with E-state index in [9.17, 15) is 19.8 Å². The maximum Gasteiger partial charge on any atom is 0.336 e. The minimum atomic E-state index is -0.742. The molecule has 4 N–H and O–H groups in total. The molecule has 2 aromatic carbocycles. The molecular weight excluding hydrogens is 572 g/mol. The van der Waals surface area contributed by atoms with Crippen LogP contribution in [0, 0.1) is 0 Å². The van der Waals surface area contributed by atoms with Gasteiger partial charge in [-0.15, -0.1) is 0 Å². The van der Waals surface area contributed by atoms with Gasteiger partial charge in [-0.05, 0) is 89.3 Å². The summed E-state index contributed by atoms with van der Waals surface area (Å²) in [6.45, 7) is 1.45. The summed E-state index contributed by atoms with van der Waals surface area (Å²) >= 11 is 0. The van der Waals surface area contributed by atoms with Gasteiger partial charge in [-0.3, -0.25) is 0 Å². The summed E-state index contributed by atoms with van der Waals surface area (Å²) in [6.07, 6.45) is 11.7. The van der Waals surface area contributed by atoms with Gasteiger partial charge in [0.2, 0.25) is 0 Å². The zero-order chi connectivity index (χ0) is 31.7. The van der Waals surface area contributed by atoms with Crippen molar-refractivity contribution in [2.75, 3.05) is 41.3 Å². The Morgan fingerprint density at radius 2 is 0.956 bits per heavy atom. The van der Waals surface area contributed by atoms with Crippen LogP contribution in [-0.4, -0.2) is 89.9 Å². The van der Waals surface area contributed by atoms with Gasteiger partial charge in [0, 0.05) is 37.1 Å². The van der Waals surface area contributed by atoms with E-state index < -0.39 is 23.1 Å². The number of nitrogens with zero attached hydrogens (tertiary/aromatic N) is 2. The maximum absolute atomic E-state index is 12.4. The van der Waals surface area contributed by atoms with Crippen LogP contribution in [0.25, 0.3) is 0 Å². The van der Waals surface area contributed by atoms with Gasteiger partial charge >= 0.3 is 11.9 Å². The van der Waals surface area contributed by atoms with Crippen molar-refractivity contribution in [2.24, 2.45) is 0 Å². The summed E-state index contributed by atoms with van der Waals surface area (Å²) in [5, 5.41) is 22.9. The normalized spacial score (nSPS) is 19.1. The number of carbonyl (C=O) groups excluding carboxylic acids is 2. The molecule has 0 amide bonds. The number of hydrogen-bond acceptors (Lipinski definition) is 8. The molecule has 2 aliphatic rings. The molecule has 2 aromatic rings. The lowest BCUT2D eigenvalue weighted by atomic mass is 9.72. The Balaban J connectivity index is 0.00000552. The number of ether oxygens (including phenoxy) is 2. The van der Waals surface area contributed by atoms with Crippen molar-refractivity contribution in [1.82, 2.24) is 9.80 Å². The van der Waals surface area contributed by atoms with Gasteiger partial charge in [-0.2, -0.15) is 0 Å². The molecule has 0 aliphatic heterocycles. The Kier molecular flexibility index (Phi) is 13.3. The van der Waals surface area contributed by atoms with E-state index in [0.29, 0.717) is 11.5 Å². The van der Waals surface area contributed by atoms with E-state index in [4.69, 9.17) is 9.47 Å². The van der Waals surface area contributed by atoms with E-state index in [1.807, 2.05) is 52.5 Å². The van der Waals surface area contributed by atoms with Gasteiger partial charge in [0.05, 0.1) is 11.2 Å². The molecule has 0 saturated heterocycles. The Bertz CT molecular complexity index is 1150. The predicted molar refractivity (Wildman–Crippen MR) is 176 cm³/mol. The first-order valence-electron chi connectivity index (χ1n) is 16.0. The van der Waals surface area contributed by atoms with E-state index >= 15 is 0 Å². The first kappa shape index (κ1) is 36.4. The second-order valence-electron chi connectivity index (χ2n) is 13.3. The summed E-state index contributed by atoms with van der Waals surface area (Å²) in [7, 11) is 8.03. The molecule has 2 fully saturated rings. The highest BCUT2D eigenvalue weighted by Crippen LogP contribution is 2.42. The number of rotatable bonds is 12. The smallest absolute Gasteiger partial charge is 0.336 e. The van der Waals surface area contributed by atoms with Gasteiger partial charge < -0.3 is 35.0 Å².